The lowest BCUT2D eigenvalue weighted by Gasteiger charge is -2.10. The van der Waals surface area contributed by atoms with Gasteiger partial charge in [0.25, 0.3) is 5.91 Å². The van der Waals surface area contributed by atoms with Crippen LogP contribution in [0, 0.1) is 0 Å². The summed E-state index contributed by atoms with van der Waals surface area (Å²) in [5, 5.41) is 3.62. The molecule has 2 aromatic carbocycles. The number of nitrogens with one attached hydrogen (secondary N) is 2. The number of benzene rings is 2. The van der Waals surface area contributed by atoms with E-state index in [-0.39, 0.29) is 0 Å². The second-order valence-electron chi connectivity index (χ2n) is 5.80. The first-order valence-corrected chi connectivity index (χ1v) is 10.2. The number of hydrogen-bond donors (Lipinski definition) is 2. The minimum Gasteiger partial charge on any atom is -0.455 e. The van der Waals surface area contributed by atoms with Crippen LogP contribution in [0.25, 0.3) is 6.08 Å². The van der Waals surface area contributed by atoms with Crippen LogP contribution in [0.4, 0.5) is 5.69 Å². The van der Waals surface area contributed by atoms with E-state index in [1.165, 1.54) is 6.08 Å². The lowest BCUT2D eigenvalue weighted by Crippen LogP contribution is -2.31. The Morgan fingerprint density at radius 1 is 1.04 bits per heavy atom. The van der Waals surface area contributed by atoms with Crippen molar-refractivity contribution in [3.63, 3.8) is 0 Å². The van der Waals surface area contributed by atoms with Crippen molar-refractivity contribution in [2.75, 3.05) is 18.5 Å². The van der Waals surface area contributed by atoms with E-state index < -0.39 is 35.1 Å². The first kappa shape index (κ1) is 21.3. The monoisotopic (exact) mass is 402 g/mol. The van der Waals surface area contributed by atoms with Crippen molar-refractivity contribution in [3.05, 3.63) is 71.1 Å². The summed E-state index contributed by atoms with van der Waals surface area (Å²) in [7, 11) is -3.80. The van der Waals surface area contributed by atoms with Crippen LogP contribution in [0.1, 0.15) is 18.1 Å². The van der Waals surface area contributed by atoms with Crippen LogP contribution in [0.3, 0.4) is 0 Å². The maximum atomic E-state index is 11.9. The minimum atomic E-state index is -3.80. The minimum absolute atomic E-state index is 0.499. The van der Waals surface area contributed by atoms with Gasteiger partial charge in [0, 0.05) is 11.1 Å². The van der Waals surface area contributed by atoms with Gasteiger partial charge in [0.15, 0.2) is 6.61 Å². The Morgan fingerprint density at radius 3 is 2.43 bits per heavy atom. The van der Waals surface area contributed by atoms with E-state index in [1.807, 2.05) is 25.1 Å². The molecule has 0 aromatic heterocycles. The number of para-hydroxylation sites is 1. The van der Waals surface area contributed by atoms with Crippen LogP contribution >= 0.6 is 0 Å². The van der Waals surface area contributed by atoms with E-state index >= 15 is 0 Å². The maximum absolute atomic E-state index is 11.9. The van der Waals surface area contributed by atoms with Crippen LogP contribution < -0.4 is 10.0 Å². The van der Waals surface area contributed by atoms with Gasteiger partial charge in [-0.1, -0.05) is 55.5 Å². The maximum Gasteiger partial charge on any atom is 0.321 e. The van der Waals surface area contributed by atoms with Crippen molar-refractivity contribution < 1.29 is 22.7 Å². The Bertz CT molecular complexity index is 940. The highest BCUT2D eigenvalue weighted by atomic mass is 32.2. The summed E-state index contributed by atoms with van der Waals surface area (Å²) in [5.74, 6) is -1.35. The van der Waals surface area contributed by atoms with Gasteiger partial charge in [-0.15, -0.1) is 0 Å². The highest BCUT2D eigenvalue weighted by Gasteiger charge is 2.12. The first-order chi connectivity index (χ1) is 13.4. The number of esters is 1. The van der Waals surface area contributed by atoms with E-state index in [9.17, 15) is 18.0 Å². The number of sulfonamides is 1. The van der Waals surface area contributed by atoms with Gasteiger partial charge in [-0.3, -0.25) is 9.59 Å². The molecule has 0 unspecified atom stereocenters. The molecule has 2 rings (SSSR count). The van der Waals surface area contributed by atoms with Gasteiger partial charge in [-0.25, -0.2) is 13.1 Å². The number of carbonyl (C=O) groups is 2. The van der Waals surface area contributed by atoms with Gasteiger partial charge >= 0.3 is 5.97 Å². The number of anilines is 1. The second-order valence-corrected chi connectivity index (χ2v) is 7.45. The van der Waals surface area contributed by atoms with Crippen LogP contribution in [-0.2, 0) is 30.8 Å². The normalized spacial score (nSPS) is 11.3. The zero-order valence-electron chi connectivity index (χ0n) is 15.4. The molecule has 0 bridgehead atoms. The Kier molecular flexibility index (Phi) is 7.91. The summed E-state index contributed by atoms with van der Waals surface area (Å²) in [4.78, 5) is 23.6. The summed E-state index contributed by atoms with van der Waals surface area (Å²) in [5.41, 5.74) is 2.32. The fourth-order valence-electron chi connectivity index (χ4n) is 2.27. The molecule has 148 valence electrons. The van der Waals surface area contributed by atoms with Crippen LogP contribution in [0.2, 0.25) is 0 Å². The molecule has 8 heteroatoms. The molecule has 2 N–H and O–H groups in total. The molecule has 7 nitrogen and oxygen atoms in total. The van der Waals surface area contributed by atoms with Crippen molar-refractivity contribution in [1.29, 1.82) is 0 Å². The molecular weight excluding hydrogens is 380 g/mol. The number of ether oxygens (including phenoxy) is 1. The molecule has 0 heterocycles. The lowest BCUT2D eigenvalue weighted by atomic mass is 10.1. The Balaban J connectivity index is 1.77. The summed E-state index contributed by atoms with van der Waals surface area (Å²) in [6.45, 7) is 0.891. The molecule has 1 amide bonds. The molecule has 2 aromatic rings. The molecular formula is C20H22N2O5S. The fourth-order valence-corrected chi connectivity index (χ4v) is 3.03. The van der Waals surface area contributed by atoms with Gasteiger partial charge in [-0.05, 0) is 29.7 Å². The SMILES string of the molecule is CCc1ccccc1NC(=O)COC(=O)CNS(=O)(=O)/C=C/c1ccccc1. The van der Waals surface area contributed by atoms with Gasteiger partial charge in [0.1, 0.15) is 6.54 Å². The summed E-state index contributed by atoms with van der Waals surface area (Å²) < 4.78 is 30.7. The molecule has 0 aliphatic rings. The third-order valence-electron chi connectivity index (χ3n) is 3.69. The van der Waals surface area contributed by atoms with E-state index in [0.29, 0.717) is 11.3 Å². The zero-order valence-corrected chi connectivity index (χ0v) is 16.2. The summed E-state index contributed by atoms with van der Waals surface area (Å²) in [6.07, 6.45) is 2.15. The second kappa shape index (κ2) is 10.4. The van der Waals surface area contributed by atoms with E-state index in [1.54, 1.807) is 36.4 Å². The molecule has 0 spiro atoms. The Hall–Kier alpha value is -2.97. The fraction of sp³-hybridized carbons (Fsp3) is 0.200. The molecule has 0 atom stereocenters. The number of amides is 1. The van der Waals surface area contributed by atoms with Crippen LogP contribution in [0.5, 0.6) is 0 Å². The van der Waals surface area contributed by atoms with Crippen molar-refractivity contribution in [1.82, 2.24) is 4.72 Å². The van der Waals surface area contributed by atoms with Crippen molar-refractivity contribution in [3.8, 4) is 0 Å². The highest BCUT2D eigenvalue weighted by molar-refractivity contribution is 7.92. The number of rotatable bonds is 9. The molecule has 28 heavy (non-hydrogen) atoms. The Labute approximate surface area is 164 Å². The number of carbonyl (C=O) groups excluding carboxylic acids is 2. The average Bonchev–Trinajstić information content (AvgIpc) is 2.70. The lowest BCUT2D eigenvalue weighted by molar-refractivity contribution is -0.146. The van der Waals surface area contributed by atoms with Crippen molar-refractivity contribution >= 4 is 33.7 Å². The zero-order chi connectivity index (χ0) is 20.4. The van der Waals surface area contributed by atoms with Gasteiger partial charge in [-0.2, -0.15) is 0 Å². The van der Waals surface area contributed by atoms with Crippen molar-refractivity contribution in [2.24, 2.45) is 0 Å². The molecule has 0 saturated carbocycles. The smallest absolute Gasteiger partial charge is 0.321 e. The number of aryl methyl sites for hydroxylation is 1. The quantitative estimate of drug-likeness (QED) is 0.627. The van der Waals surface area contributed by atoms with Crippen molar-refractivity contribution in [2.45, 2.75) is 13.3 Å². The van der Waals surface area contributed by atoms with E-state index in [0.717, 1.165) is 17.4 Å². The number of hydrogen-bond acceptors (Lipinski definition) is 5. The molecule has 0 saturated heterocycles. The predicted octanol–water partition coefficient (Wildman–Crippen LogP) is 2.32. The van der Waals surface area contributed by atoms with Crippen LogP contribution in [-0.4, -0.2) is 33.4 Å². The van der Waals surface area contributed by atoms with Gasteiger partial charge in [0.05, 0.1) is 0 Å². The van der Waals surface area contributed by atoms with E-state index in [2.05, 4.69) is 10.0 Å². The predicted molar refractivity (Wildman–Crippen MR) is 108 cm³/mol. The first-order valence-electron chi connectivity index (χ1n) is 8.66. The topological polar surface area (TPSA) is 102 Å². The van der Waals surface area contributed by atoms with Gasteiger partial charge in [0.2, 0.25) is 10.0 Å². The molecule has 0 radical (unpaired) electrons. The van der Waals surface area contributed by atoms with Gasteiger partial charge < -0.3 is 10.1 Å². The largest absolute Gasteiger partial charge is 0.455 e. The standard InChI is InChI=1S/C20H22N2O5S/c1-2-17-10-6-7-11-18(17)22-19(23)15-27-20(24)14-21-28(25,26)13-12-16-8-4-3-5-9-16/h3-13,21H,2,14-15H2,1H3,(H,22,23)/b13-12+. The molecule has 0 aliphatic heterocycles. The highest BCUT2D eigenvalue weighted by Crippen LogP contribution is 2.15. The third-order valence-corrected chi connectivity index (χ3v) is 4.73. The average molecular weight is 402 g/mol. The molecule has 0 aliphatic carbocycles. The van der Waals surface area contributed by atoms with Crippen LogP contribution in [0.15, 0.2) is 60.0 Å². The third kappa shape index (κ3) is 7.34. The summed E-state index contributed by atoms with van der Waals surface area (Å²) in [6, 6.07) is 16.2. The van der Waals surface area contributed by atoms with E-state index in [4.69, 9.17) is 4.74 Å². The summed E-state index contributed by atoms with van der Waals surface area (Å²) >= 11 is 0. The molecule has 0 fully saturated rings. The Morgan fingerprint density at radius 2 is 1.71 bits per heavy atom.